The Kier molecular flexibility index (Phi) is 4.48. The molecule has 3 nitrogen and oxygen atoms in total. The Morgan fingerprint density at radius 3 is 2.60 bits per heavy atom. The van der Waals surface area contributed by atoms with E-state index >= 15 is 0 Å². The second-order valence-corrected chi connectivity index (χ2v) is 11.9. The van der Waals surface area contributed by atoms with Gasteiger partial charge in [-0.1, -0.05) is 32.9 Å². The van der Waals surface area contributed by atoms with Crippen LogP contribution in [-0.4, -0.2) is 39.9 Å². The molecule has 3 aliphatic carbocycles. The first-order valence-electron chi connectivity index (χ1n) is 12.6. The number of hydrogen-bond acceptors (Lipinski definition) is 3. The van der Waals surface area contributed by atoms with E-state index in [0.717, 1.165) is 44.2 Å². The molecule has 2 saturated carbocycles. The molecule has 6 rings (SSSR count). The first kappa shape index (κ1) is 19.8. The van der Waals surface area contributed by atoms with Crippen molar-refractivity contribution in [1.82, 2.24) is 4.90 Å². The molecular formula is C27H39NO2. The lowest BCUT2D eigenvalue weighted by molar-refractivity contribution is -0.113. The van der Waals surface area contributed by atoms with Crippen molar-refractivity contribution in [1.29, 1.82) is 0 Å². The molecule has 164 valence electrons. The summed E-state index contributed by atoms with van der Waals surface area (Å²) in [5.41, 5.74) is 6.62. The van der Waals surface area contributed by atoms with Gasteiger partial charge >= 0.3 is 0 Å². The minimum absolute atomic E-state index is 0.163. The molecule has 0 radical (unpaired) electrons. The molecular weight excluding hydrogens is 370 g/mol. The van der Waals surface area contributed by atoms with Crippen LogP contribution in [0.2, 0.25) is 0 Å². The summed E-state index contributed by atoms with van der Waals surface area (Å²) in [5, 5.41) is 21.4. The summed E-state index contributed by atoms with van der Waals surface area (Å²) in [6.07, 6.45) is 7.08. The second kappa shape index (κ2) is 6.80. The van der Waals surface area contributed by atoms with Crippen LogP contribution >= 0.6 is 0 Å². The zero-order chi connectivity index (χ0) is 20.8. The molecule has 5 aliphatic rings. The van der Waals surface area contributed by atoms with Crippen molar-refractivity contribution in [2.45, 2.75) is 102 Å². The van der Waals surface area contributed by atoms with Gasteiger partial charge in [0.05, 0.1) is 12.2 Å². The van der Waals surface area contributed by atoms with E-state index < -0.39 is 0 Å². The van der Waals surface area contributed by atoms with Crippen LogP contribution in [0, 0.1) is 23.2 Å². The highest BCUT2D eigenvalue weighted by molar-refractivity contribution is 5.50. The fourth-order valence-corrected chi connectivity index (χ4v) is 8.74. The summed E-state index contributed by atoms with van der Waals surface area (Å²) in [6, 6.07) is 5.63. The zero-order valence-corrected chi connectivity index (χ0v) is 19.0. The Bertz CT molecular complexity index is 852. The van der Waals surface area contributed by atoms with Gasteiger partial charge in [-0.05, 0) is 102 Å². The third-order valence-electron chi connectivity index (χ3n) is 10.4. The molecule has 2 N–H and O–H groups in total. The molecule has 1 aromatic carbocycles. The first-order chi connectivity index (χ1) is 14.4. The van der Waals surface area contributed by atoms with Gasteiger partial charge in [-0.25, -0.2) is 0 Å². The van der Waals surface area contributed by atoms with Gasteiger partial charge in [-0.3, -0.25) is 4.90 Å². The fourth-order valence-electron chi connectivity index (χ4n) is 8.74. The SMILES string of the molecule is C[C@@H]1CC[C@H]2[C@H](C)c3ccc4c(c3CN2C1)C[C@H]1[C@H]4C[C@H](O)[C@H]2C[C@@H](O)CC[C@@]21C. The van der Waals surface area contributed by atoms with Gasteiger partial charge in [-0.15, -0.1) is 0 Å². The van der Waals surface area contributed by atoms with Crippen LogP contribution < -0.4 is 0 Å². The van der Waals surface area contributed by atoms with Crippen LogP contribution in [0.25, 0.3) is 0 Å². The van der Waals surface area contributed by atoms with Crippen LogP contribution in [0.15, 0.2) is 12.1 Å². The number of hydrogen-bond donors (Lipinski definition) is 2. The summed E-state index contributed by atoms with van der Waals surface area (Å²) in [4.78, 5) is 2.79. The lowest BCUT2D eigenvalue weighted by Crippen LogP contribution is -2.52. The van der Waals surface area contributed by atoms with Gasteiger partial charge in [0, 0.05) is 19.1 Å². The predicted molar refractivity (Wildman–Crippen MR) is 119 cm³/mol. The normalized spacial score (nSPS) is 47.6. The van der Waals surface area contributed by atoms with E-state index in [1.807, 2.05) is 0 Å². The average Bonchev–Trinajstić information content (AvgIpc) is 3.09. The van der Waals surface area contributed by atoms with Crippen molar-refractivity contribution in [3.05, 3.63) is 34.4 Å². The molecule has 2 aliphatic heterocycles. The van der Waals surface area contributed by atoms with E-state index in [2.05, 4.69) is 37.8 Å². The Balaban J connectivity index is 1.39. The highest BCUT2D eigenvalue weighted by Gasteiger charge is 2.57. The Morgan fingerprint density at radius 2 is 1.77 bits per heavy atom. The number of aliphatic hydroxyl groups excluding tert-OH is 2. The summed E-state index contributed by atoms with van der Waals surface area (Å²) in [6.45, 7) is 9.71. The highest BCUT2D eigenvalue weighted by Crippen LogP contribution is 2.62. The molecule has 0 bridgehead atoms. The summed E-state index contributed by atoms with van der Waals surface area (Å²) in [7, 11) is 0. The second-order valence-electron chi connectivity index (χ2n) is 11.9. The van der Waals surface area contributed by atoms with Crippen molar-refractivity contribution < 1.29 is 10.2 Å². The predicted octanol–water partition coefficient (Wildman–Crippen LogP) is 4.59. The molecule has 1 aromatic rings. The third-order valence-corrected chi connectivity index (χ3v) is 10.4. The van der Waals surface area contributed by atoms with Gasteiger partial charge in [0.2, 0.25) is 0 Å². The molecule has 30 heavy (non-hydrogen) atoms. The topological polar surface area (TPSA) is 43.7 Å². The zero-order valence-electron chi connectivity index (χ0n) is 19.0. The van der Waals surface area contributed by atoms with Crippen LogP contribution in [0.3, 0.4) is 0 Å². The van der Waals surface area contributed by atoms with Crippen molar-refractivity contribution >= 4 is 0 Å². The maximum Gasteiger partial charge on any atom is 0.0580 e. The molecule has 0 unspecified atom stereocenters. The minimum atomic E-state index is -0.264. The van der Waals surface area contributed by atoms with Crippen molar-refractivity contribution in [2.24, 2.45) is 23.2 Å². The Hall–Kier alpha value is -0.900. The van der Waals surface area contributed by atoms with Crippen LogP contribution in [-0.2, 0) is 13.0 Å². The number of fused-ring (bicyclic) bond motifs is 8. The van der Waals surface area contributed by atoms with Gasteiger partial charge in [0.15, 0.2) is 0 Å². The number of aliphatic hydroxyl groups is 2. The quantitative estimate of drug-likeness (QED) is 0.659. The number of piperidine rings is 1. The number of nitrogens with zero attached hydrogens (tertiary/aromatic N) is 1. The van der Waals surface area contributed by atoms with Crippen LogP contribution in [0.1, 0.15) is 93.4 Å². The molecule has 0 spiro atoms. The van der Waals surface area contributed by atoms with Crippen LogP contribution in [0.5, 0.6) is 0 Å². The smallest absolute Gasteiger partial charge is 0.0580 e. The van der Waals surface area contributed by atoms with E-state index in [-0.39, 0.29) is 23.5 Å². The van der Waals surface area contributed by atoms with Gasteiger partial charge in [0.1, 0.15) is 0 Å². The molecule has 1 saturated heterocycles. The first-order valence-corrected chi connectivity index (χ1v) is 12.6. The minimum Gasteiger partial charge on any atom is -0.393 e. The van der Waals surface area contributed by atoms with Gasteiger partial charge < -0.3 is 10.2 Å². The van der Waals surface area contributed by atoms with Gasteiger partial charge in [0.25, 0.3) is 0 Å². The van der Waals surface area contributed by atoms with E-state index in [0.29, 0.717) is 17.8 Å². The largest absolute Gasteiger partial charge is 0.393 e. The molecule has 3 heteroatoms. The molecule has 2 heterocycles. The number of rotatable bonds is 0. The standard InChI is InChI=1S/C27H39NO2/c1-15-4-7-25-16(2)18-5-6-19-20(22(18)14-28(25)13-15)11-23-21(19)12-26(30)24-10-17(29)8-9-27(23,24)3/h5-6,15-17,21,23-26,29-30H,4,7-14H2,1-3H3/t15-,16-,17+,21+,23+,24-,25+,26+,27-/m1/s1. The van der Waals surface area contributed by atoms with Gasteiger partial charge in [-0.2, -0.15) is 0 Å². The highest BCUT2D eigenvalue weighted by atomic mass is 16.3. The maximum atomic E-state index is 11.1. The van der Waals surface area contributed by atoms with E-state index in [9.17, 15) is 10.2 Å². The molecule has 3 fully saturated rings. The van der Waals surface area contributed by atoms with Crippen molar-refractivity contribution in [2.75, 3.05) is 6.54 Å². The van der Waals surface area contributed by atoms with E-state index in [4.69, 9.17) is 0 Å². The molecule has 0 amide bonds. The Morgan fingerprint density at radius 1 is 0.967 bits per heavy atom. The van der Waals surface area contributed by atoms with E-state index in [1.54, 1.807) is 22.3 Å². The maximum absolute atomic E-state index is 11.1. The van der Waals surface area contributed by atoms with E-state index in [1.165, 1.54) is 25.8 Å². The average molecular weight is 410 g/mol. The molecule has 0 aromatic heterocycles. The van der Waals surface area contributed by atoms with Crippen molar-refractivity contribution in [3.8, 4) is 0 Å². The summed E-state index contributed by atoms with van der Waals surface area (Å²) >= 11 is 0. The molecule has 9 atom stereocenters. The summed E-state index contributed by atoms with van der Waals surface area (Å²) < 4.78 is 0. The van der Waals surface area contributed by atoms with Crippen molar-refractivity contribution in [3.63, 3.8) is 0 Å². The number of benzene rings is 1. The lowest BCUT2D eigenvalue weighted by Gasteiger charge is -2.55. The lowest BCUT2D eigenvalue weighted by atomic mass is 9.51. The fraction of sp³-hybridized carbons (Fsp3) is 0.778. The third kappa shape index (κ3) is 2.67. The van der Waals surface area contributed by atoms with Crippen LogP contribution in [0.4, 0.5) is 0 Å². The Labute approximate surface area is 181 Å². The monoisotopic (exact) mass is 409 g/mol. The summed E-state index contributed by atoms with van der Waals surface area (Å²) in [5.74, 6) is 2.85.